The number of nitrogens with one attached hydrogen (secondary N) is 1. The predicted octanol–water partition coefficient (Wildman–Crippen LogP) is 0.457. The molecular formula is C7H12N2O. The zero-order valence-corrected chi connectivity index (χ0v) is 5.92. The topological polar surface area (TPSA) is 24.5 Å². The van der Waals surface area contributed by atoms with Crippen LogP contribution in [-0.2, 0) is 4.74 Å². The van der Waals surface area contributed by atoms with Crippen molar-refractivity contribution >= 4 is 0 Å². The summed E-state index contributed by atoms with van der Waals surface area (Å²) in [6.45, 7) is 2.00. The van der Waals surface area contributed by atoms with E-state index < -0.39 is 0 Å². The lowest BCUT2D eigenvalue weighted by atomic mass is 10.3. The van der Waals surface area contributed by atoms with Crippen LogP contribution in [0.1, 0.15) is 12.8 Å². The van der Waals surface area contributed by atoms with Gasteiger partial charge in [0.2, 0.25) is 6.35 Å². The minimum absolute atomic E-state index is 0.127. The molecule has 0 aromatic heterocycles. The molecule has 0 spiro atoms. The number of fused-ring (bicyclic) bond motifs is 1. The Balaban J connectivity index is 2.00. The molecule has 56 valence electrons. The Labute approximate surface area is 60.7 Å². The van der Waals surface area contributed by atoms with Gasteiger partial charge in [0, 0.05) is 18.9 Å². The van der Waals surface area contributed by atoms with Crippen LogP contribution in [0.15, 0.2) is 12.4 Å². The van der Waals surface area contributed by atoms with Crippen molar-refractivity contribution < 1.29 is 4.74 Å². The fourth-order valence-electron chi connectivity index (χ4n) is 1.32. The molecule has 0 amide bonds. The van der Waals surface area contributed by atoms with E-state index in [0.29, 0.717) is 0 Å². The molecule has 3 nitrogen and oxygen atoms in total. The molecule has 10 heavy (non-hydrogen) atoms. The maximum Gasteiger partial charge on any atom is 0.207 e. The smallest absolute Gasteiger partial charge is 0.207 e. The van der Waals surface area contributed by atoms with Crippen molar-refractivity contribution in [1.82, 2.24) is 10.2 Å². The van der Waals surface area contributed by atoms with Crippen molar-refractivity contribution in [2.45, 2.75) is 19.2 Å². The quantitative estimate of drug-likeness (QED) is 0.529. The highest BCUT2D eigenvalue weighted by Crippen LogP contribution is 2.12. The molecule has 2 aliphatic rings. The first-order valence-corrected chi connectivity index (χ1v) is 3.77. The Morgan fingerprint density at radius 1 is 1.50 bits per heavy atom. The van der Waals surface area contributed by atoms with Gasteiger partial charge in [-0.1, -0.05) is 0 Å². The minimum atomic E-state index is 0.127. The third-order valence-electron chi connectivity index (χ3n) is 1.89. The molecule has 0 bridgehead atoms. The highest BCUT2D eigenvalue weighted by Gasteiger charge is 2.20. The molecule has 1 fully saturated rings. The summed E-state index contributed by atoms with van der Waals surface area (Å²) in [4.78, 5) is 2.19. The molecule has 0 aromatic rings. The van der Waals surface area contributed by atoms with Gasteiger partial charge in [-0.2, -0.15) is 0 Å². The van der Waals surface area contributed by atoms with Crippen molar-refractivity contribution in [1.29, 1.82) is 0 Å². The van der Waals surface area contributed by atoms with Gasteiger partial charge in [-0.15, -0.1) is 0 Å². The third kappa shape index (κ3) is 0.968. The van der Waals surface area contributed by atoms with Crippen LogP contribution < -0.4 is 5.32 Å². The second-order valence-electron chi connectivity index (χ2n) is 2.65. The van der Waals surface area contributed by atoms with Crippen LogP contribution in [-0.4, -0.2) is 24.4 Å². The number of rotatable bonds is 0. The molecule has 1 N–H and O–H groups in total. The highest BCUT2D eigenvalue weighted by atomic mass is 16.5. The lowest BCUT2D eigenvalue weighted by Crippen LogP contribution is -2.36. The number of ether oxygens (including phenoxy) is 1. The fourth-order valence-corrected chi connectivity index (χ4v) is 1.32. The van der Waals surface area contributed by atoms with Gasteiger partial charge in [0.05, 0.1) is 6.61 Å². The van der Waals surface area contributed by atoms with Crippen LogP contribution >= 0.6 is 0 Å². The Hall–Kier alpha value is -0.700. The third-order valence-corrected chi connectivity index (χ3v) is 1.89. The van der Waals surface area contributed by atoms with Crippen molar-refractivity contribution in [2.75, 3.05) is 13.2 Å². The van der Waals surface area contributed by atoms with Gasteiger partial charge in [0.15, 0.2) is 0 Å². The standard InChI is InChI=1S/C7H12N2O/c1-2-6-10-7-8-3-5-9(7)4-1/h3,5,7-8H,1-2,4,6H2. The Morgan fingerprint density at radius 3 is 3.50 bits per heavy atom. The summed E-state index contributed by atoms with van der Waals surface area (Å²) in [6.07, 6.45) is 6.54. The van der Waals surface area contributed by atoms with Crippen LogP contribution in [0.5, 0.6) is 0 Å². The molecule has 3 heteroatoms. The summed E-state index contributed by atoms with van der Waals surface area (Å²) in [7, 11) is 0. The van der Waals surface area contributed by atoms with Crippen molar-refractivity contribution in [3.05, 3.63) is 12.4 Å². The maximum atomic E-state index is 5.48. The maximum absolute atomic E-state index is 5.48. The second-order valence-corrected chi connectivity index (χ2v) is 2.65. The summed E-state index contributed by atoms with van der Waals surface area (Å²) >= 11 is 0. The van der Waals surface area contributed by atoms with Crippen LogP contribution in [0.2, 0.25) is 0 Å². The Morgan fingerprint density at radius 2 is 2.50 bits per heavy atom. The van der Waals surface area contributed by atoms with E-state index in [4.69, 9.17) is 4.74 Å². The lowest BCUT2D eigenvalue weighted by Gasteiger charge is -2.21. The zero-order valence-electron chi connectivity index (χ0n) is 5.92. The largest absolute Gasteiger partial charge is 0.348 e. The van der Waals surface area contributed by atoms with Crippen molar-refractivity contribution in [2.24, 2.45) is 0 Å². The molecule has 0 aromatic carbocycles. The zero-order chi connectivity index (χ0) is 6.81. The molecule has 0 aliphatic carbocycles. The summed E-state index contributed by atoms with van der Waals surface area (Å²) in [6, 6.07) is 0. The van der Waals surface area contributed by atoms with Gasteiger partial charge in [-0.25, -0.2) is 0 Å². The average molecular weight is 140 g/mol. The van der Waals surface area contributed by atoms with Crippen molar-refractivity contribution in [3.8, 4) is 0 Å². The molecular weight excluding hydrogens is 128 g/mol. The van der Waals surface area contributed by atoms with E-state index in [1.165, 1.54) is 12.8 Å². The van der Waals surface area contributed by atoms with E-state index in [9.17, 15) is 0 Å². The summed E-state index contributed by atoms with van der Waals surface area (Å²) in [5, 5.41) is 3.12. The fraction of sp³-hybridized carbons (Fsp3) is 0.714. The average Bonchev–Trinajstić information content (AvgIpc) is 2.28. The molecule has 2 aliphatic heterocycles. The van der Waals surface area contributed by atoms with E-state index in [1.54, 1.807) is 0 Å². The normalized spacial score (nSPS) is 31.2. The van der Waals surface area contributed by atoms with E-state index in [-0.39, 0.29) is 6.35 Å². The molecule has 0 saturated carbocycles. The van der Waals surface area contributed by atoms with E-state index in [1.807, 2.05) is 6.20 Å². The van der Waals surface area contributed by atoms with Crippen LogP contribution in [0.25, 0.3) is 0 Å². The highest BCUT2D eigenvalue weighted by molar-refractivity contribution is 4.91. The van der Waals surface area contributed by atoms with Crippen LogP contribution in [0.4, 0.5) is 0 Å². The lowest BCUT2D eigenvalue weighted by molar-refractivity contribution is -0.0234. The van der Waals surface area contributed by atoms with Gasteiger partial charge in [0.1, 0.15) is 0 Å². The van der Waals surface area contributed by atoms with E-state index >= 15 is 0 Å². The summed E-state index contributed by atoms with van der Waals surface area (Å²) in [5.74, 6) is 0. The Bertz CT molecular complexity index is 147. The molecule has 2 rings (SSSR count). The Kier molecular flexibility index (Phi) is 1.51. The van der Waals surface area contributed by atoms with E-state index in [2.05, 4.69) is 16.4 Å². The first kappa shape index (κ1) is 6.04. The summed E-state index contributed by atoms with van der Waals surface area (Å²) < 4.78 is 5.48. The molecule has 1 atom stereocenters. The van der Waals surface area contributed by atoms with Gasteiger partial charge in [-0.05, 0) is 12.8 Å². The molecule has 0 radical (unpaired) electrons. The first-order chi connectivity index (χ1) is 4.97. The molecule has 1 saturated heterocycles. The molecule has 1 unspecified atom stereocenters. The number of hydrogen-bond donors (Lipinski definition) is 1. The number of hydrogen-bond acceptors (Lipinski definition) is 3. The monoisotopic (exact) mass is 140 g/mol. The van der Waals surface area contributed by atoms with Gasteiger partial charge in [-0.3, -0.25) is 0 Å². The van der Waals surface area contributed by atoms with E-state index in [0.717, 1.165) is 13.2 Å². The van der Waals surface area contributed by atoms with Crippen LogP contribution in [0.3, 0.4) is 0 Å². The van der Waals surface area contributed by atoms with Gasteiger partial charge < -0.3 is 15.0 Å². The van der Waals surface area contributed by atoms with Gasteiger partial charge in [0.25, 0.3) is 0 Å². The predicted molar refractivity (Wildman–Crippen MR) is 38.0 cm³/mol. The van der Waals surface area contributed by atoms with Gasteiger partial charge >= 0.3 is 0 Å². The second kappa shape index (κ2) is 2.50. The number of nitrogens with zero attached hydrogens (tertiary/aromatic N) is 1. The summed E-state index contributed by atoms with van der Waals surface area (Å²) in [5.41, 5.74) is 0. The van der Waals surface area contributed by atoms with Crippen LogP contribution in [0, 0.1) is 0 Å². The SMILES string of the molecule is C1=CN2CCCCOC2N1. The van der Waals surface area contributed by atoms with Crippen molar-refractivity contribution in [3.63, 3.8) is 0 Å². The minimum Gasteiger partial charge on any atom is -0.348 e. The molecule has 2 heterocycles. The first-order valence-electron chi connectivity index (χ1n) is 3.77.